The number of amides is 2. The van der Waals surface area contributed by atoms with Crippen LogP contribution < -0.4 is 15.0 Å². The van der Waals surface area contributed by atoms with Crippen LogP contribution in [0.3, 0.4) is 0 Å². The molecule has 1 atom stereocenters. The minimum Gasteiger partial charge on any atom is -0.494 e. The first-order chi connectivity index (χ1) is 14.1. The van der Waals surface area contributed by atoms with Gasteiger partial charge in [0, 0.05) is 25.7 Å². The van der Waals surface area contributed by atoms with Crippen LogP contribution in [0.15, 0.2) is 30.7 Å². The molecule has 1 aliphatic heterocycles. The summed E-state index contributed by atoms with van der Waals surface area (Å²) in [5, 5.41) is 3.55. The van der Waals surface area contributed by atoms with Gasteiger partial charge in [0.25, 0.3) is 0 Å². The van der Waals surface area contributed by atoms with Crippen LogP contribution in [0.1, 0.15) is 26.0 Å². The van der Waals surface area contributed by atoms with Crippen LogP contribution in [-0.4, -0.2) is 39.5 Å². The first kappa shape index (κ1) is 19.4. The van der Waals surface area contributed by atoms with Gasteiger partial charge < -0.3 is 14.6 Å². The summed E-state index contributed by atoms with van der Waals surface area (Å²) in [5.74, 6) is 0.204. The number of carbonyl (C=O) groups is 2. The van der Waals surface area contributed by atoms with Gasteiger partial charge in [-0.05, 0) is 32.0 Å². The average Bonchev–Trinajstić information content (AvgIpc) is 3.43. The highest BCUT2D eigenvalue weighted by Gasteiger charge is 2.36. The molecule has 0 bridgehead atoms. The maximum Gasteiger partial charge on any atom is 0.229 e. The molecule has 9 heteroatoms. The van der Waals surface area contributed by atoms with Gasteiger partial charge in [0.1, 0.15) is 5.75 Å². The maximum atomic E-state index is 12.6. The predicted molar refractivity (Wildman–Crippen MR) is 111 cm³/mol. The third-order valence-electron chi connectivity index (χ3n) is 4.97. The van der Waals surface area contributed by atoms with Gasteiger partial charge in [-0.1, -0.05) is 11.3 Å². The van der Waals surface area contributed by atoms with Crippen molar-refractivity contribution in [2.24, 2.45) is 5.92 Å². The summed E-state index contributed by atoms with van der Waals surface area (Å²) in [7, 11) is 0. The van der Waals surface area contributed by atoms with E-state index in [-0.39, 0.29) is 24.2 Å². The standard InChI is InChI=1S/C20H23N5O3S/c1-3-24-12-21-9-14(24)10-22-19(27)13-7-18(26)25(11-13)20-23-16-6-5-15(28-4-2)8-17(16)29-20/h5-6,8-9,12-13H,3-4,7,10-11H2,1-2H3,(H,22,27). The molecule has 1 aliphatic rings. The van der Waals surface area contributed by atoms with Crippen LogP contribution in [0, 0.1) is 5.92 Å². The van der Waals surface area contributed by atoms with Gasteiger partial charge in [0.05, 0.1) is 41.3 Å². The number of thiazole rings is 1. The lowest BCUT2D eigenvalue weighted by Crippen LogP contribution is -2.33. The van der Waals surface area contributed by atoms with E-state index >= 15 is 0 Å². The normalized spacial score (nSPS) is 16.6. The van der Waals surface area contributed by atoms with E-state index in [2.05, 4.69) is 15.3 Å². The molecule has 2 aromatic heterocycles. The number of aryl methyl sites for hydroxylation is 1. The lowest BCUT2D eigenvalue weighted by atomic mass is 10.1. The smallest absolute Gasteiger partial charge is 0.229 e. The molecule has 1 saturated heterocycles. The Morgan fingerprint density at radius 3 is 3.03 bits per heavy atom. The first-order valence-corrected chi connectivity index (χ1v) is 10.5. The number of nitrogens with one attached hydrogen (secondary N) is 1. The molecule has 0 radical (unpaired) electrons. The zero-order valence-electron chi connectivity index (χ0n) is 16.4. The Balaban J connectivity index is 1.43. The Kier molecular flexibility index (Phi) is 5.48. The minimum absolute atomic E-state index is 0.0761. The highest BCUT2D eigenvalue weighted by Crippen LogP contribution is 2.34. The van der Waals surface area contributed by atoms with Crippen molar-refractivity contribution in [2.45, 2.75) is 33.4 Å². The minimum atomic E-state index is -0.383. The molecule has 2 amide bonds. The second-order valence-electron chi connectivity index (χ2n) is 6.85. The molecule has 4 rings (SSSR count). The molecule has 1 unspecified atom stereocenters. The molecule has 8 nitrogen and oxygen atoms in total. The second kappa shape index (κ2) is 8.20. The quantitative estimate of drug-likeness (QED) is 0.643. The Hall–Kier alpha value is -2.94. The monoisotopic (exact) mass is 413 g/mol. The van der Waals surface area contributed by atoms with Crippen molar-refractivity contribution in [1.29, 1.82) is 0 Å². The van der Waals surface area contributed by atoms with Crippen LogP contribution in [0.4, 0.5) is 5.13 Å². The number of anilines is 1. The number of rotatable bonds is 7. The summed E-state index contributed by atoms with van der Waals surface area (Å²) in [6.07, 6.45) is 3.68. The molecule has 1 N–H and O–H groups in total. The number of hydrogen-bond acceptors (Lipinski definition) is 6. The Morgan fingerprint density at radius 1 is 1.38 bits per heavy atom. The number of imidazole rings is 1. The molecule has 3 heterocycles. The van der Waals surface area contributed by atoms with Crippen LogP contribution >= 0.6 is 11.3 Å². The molecule has 0 spiro atoms. The van der Waals surface area contributed by atoms with Crippen molar-refractivity contribution in [3.05, 3.63) is 36.4 Å². The molecule has 0 aliphatic carbocycles. The van der Waals surface area contributed by atoms with Gasteiger partial charge in [-0.25, -0.2) is 9.97 Å². The van der Waals surface area contributed by atoms with E-state index in [0.717, 1.165) is 28.2 Å². The summed E-state index contributed by atoms with van der Waals surface area (Å²) >= 11 is 1.44. The van der Waals surface area contributed by atoms with Gasteiger partial charge in [-0.15, -0.1) is 0 Å². The highest BCUT2D eigenvalue weighted by molar-refractivity contribution is 7.22. The van der Waals surface area contributed by atoms with E-state index in [9.17, 15) is 9.59 Å². The first-order valence-electron chi connectivity index (χ1n) is 9.69. The molecule has 1 fully saturated rings. The molecule has 0 saturated carbocycles. The van der Waals surface area contributed by atoms with Crippen molar-refractivity contribution >= 4 is 38.5 Å². The van der Waals surface area contributed by atoms with Gasteiger partial charge in [0.2, 0.25) is 11.8 Å². The van der Waals surface area contributed by atoms with Gasteiger partial charge in [0.15, 0.2) is 5.13 Å². The molecule has 29 heavy (non-hydrogen) atoms. The van der Waals surface area contributed by atoms with Gasteiger partial charge in [-0.2, -0.15) is 0 Å². The predicted octanol–water partition coefficient (Wildman–Crippen LogP) is 2.58. The van der Waals surface area contributed by atoms with Crippen molar-refractivity contribution in [2.75, 3.05) is 18.1 Å². The van der Waals surface area contributed by atoms with E-state index < -0.39 is 0 Å². The summed E-state index contributed by atoms with van der Waals surface area (Å²) < 4.78 is 8.47. The SMILES string of the molecule is CCOc1ccc2nc(N3CC(C(=O)NCc4cncn4CC)CC3=O)sc2c1. The Labute approximate surface area is 172 Å². The van der Waals surface area contributed by atoms with Crippen LogP contribution in [0.25, 0.3) is 10.2 Å². The van der Waals surface area contributed by atoms with E-state index in [0.29, 0.717) is 24.8 Å². The summed E-state index contributed by atoms with van der Waals surface area (Å²) in [5.41, 5.74) is 1.76. The highest BCUT2D eigenvalue weighted by atomic mass is 32.1. The Morgan fingerprint density at radius 2 is 2.24 bits per heavy atom. The number of ether oxygens (including phenoxy) is 1. The lowest BCUT2D eigenvalue weighted by molar-refractivity contribution is -0.126. The van der Waals surface area contributed by atoms with Crippen molar-refractivity contribution in [1.82, 2.24) is 19.9 Å². The largest absolute Gasteiger partial charge is 0.494 e. The molecular weight excluding hydrogens is 390 g/mol. The molecule has 3 aromatic rings. The third-order valence-corrected chi connectivity index (χ3v) is 6.01. The number of benzene rings is 1. The number of hydrogen-bond donors (Lipinski definition) is 1. The van der Waals surface area contributed by atoms with Crippen molar-refractivity contribution < 1.29 is 14.3 Å². The Bertz CT molecular complexity index is 1040. The molecule has 1 aromatic carbocycles. The van der Waals surface area contributed by atoms with E-state index in [1.54, 1.807) is 17.4 Å². The number of carbonyl (C=O) groups excluding carboxylic acids is 2. The summed E-state index contributed by atoms with van der Waals surface area (Å²) in [6.45, 7) is 6.10. The number of aromatic nitrogens is 3. The zero-order chi connectivity index (χ0) is 20.4. The van der Waals surface area contributed by atoms with Crippen LogP contribution in [0.5, 0.6) is 5.75 Å². The summed E-state index contributed by atoms with van der Waals surface area (Å²) in [6, 6.07) is 5.70. The lowest BCUT2D eigenvalue weighted by Gasteiger charge is -2.13. The average molecular weight is 414 g/mol. The molecule has 152 valence electrons. The fourth-order valence-electron chi connectivity index (χ4n) is 3.43. The van der Waals surface area contributed by atoms with Crippen LogP contribution in [-0.2, 0) is 22.7 Å². The maximum absolute atomic E-state index is 12.6. The zero-order valence-corrected chi connectivity index (χ0v) is 17.2. The summed E-state index contributed by atoms with van der Waals surface area (Å²) in [4.78, 5) is 35.4. The number of fused-ring (bicyclic) bond motifs is 1. The third kappa shape index (κ3) is 3.95. The molecular formula is C20H23N5O3S. The topological polar surface area (TPSA) is 89.3 Å². The van der Waals surface area contributed by atoms with E-state index in [4.69, 9.17) is 4.74 Å². The van der Waals surface area contributed by atoms with Gasteiger partial charge >= 0.3 is 0 Å². The second-order valence-corrected chi connectivity index (χ2v) is 7.86. The van der Waals surface area contributed by atoms with Crippen LogP contribution in [0.2, 0.25) is 0 Å². The van der Waals surface area contributed by atoms with Crippen molar-refractivity contribution in [3.63, 3.8) is 0 Å². The fourth-order valence-corrected chi connectivity index (χ4v) is 4.46. The fraction of sp³-hybridized carbons (Fsp3) is 0.400. The van der Waals surface area contributed by atoms with E-state index in [1.807, 2.05) is 36.6 Å². The van der Waals surface area contributed by atoms with Crippen molar-refractivity contribution in [3.8, 4) is 5.75 Å². The van der Waals surface area contributed by atoms with Gasteiger partial charge in [-0.3, -0.25) is 14.5 Å². The van der Waals surface area contributed by atoms with E-state index in [1.165, 1.54) is 11.3 Å². The number of nitrogens with zero attached hydrogens (tertiary/aromatic N) is 4.